The first-order valence-electron chi connectivity index (χ1n) is 6.31. The number of hydrogen-bond donors (Lipinski definition) is 1. The molecule has 0 aliphatic carbocycles. The van der Waals surface area contributed by atoms with Gasteiger partial charge in [-0.3, -0.25) is 0 Å². The summed E-state index contributed by atoms with van der Waals surface area (Å²) < 4.78 is 1.85. The summed E-state index contributed by atoms with van der Waals surface area (Å²) in [4.78, 5) is 5.63. The second-order valence-corrected chi connectivity index (χ2v) is 5.81. The molecule has 0 radical (unpaired) electrons. The van der Waals surface area contributed by atoms with Crippen molar-refractivity contribution in [3.63, 3.8) is 0 Å². The van der Waals surface area contributed by atoms with Crippen LogP contribution in [0.5, 0.6) is 0 Å². The number of nitrogens with one attached hydrogen (secondary N) is 1. The van der Waals surface area contributed by atoms with Gasteiger partial charge >= 0.3 is 0 Å². The van der Waals surface area contributed by atoms with Crippen LogP contribution >= 0.6 is 11.3 Å². The largest absolute Gasteiger partial charge is 0.367 e. The second-order valence-electron chi connectivity index (χ2n) is 4.78. The van der Waals surface area contributed by atoms with E-state index in [0.29, 0.717) is 6.04 Å². The highest BCUT2D eigenvalue weighted by Crippen LogP contribution is 2.17. The SMILES string of the molecule is Cc1cc(NC(C)Cc2cccs2)n2ncnc2c1. The minimum absolute atomic E-state index is 0.354. The first-order chi connectivity index (χ1) is 9.22. The summed E-state index contributed by atoms with van der Waals surface area (Å²) in [6.45, 7) is 4.26. The highest BCUT2D eigenvalue weighted by atomic mass is 32.1. The van der Waals surface area contributed by atoms with Crippen molar-refractivity contribution in [2.75, 3.05) is 5.32 Å². The molecule has 3 rings (SSSR count). The maximum atomic E-state index is 4.26. The zero-order chi connectivity index (χ0) is 13.2. The third-order valence-electron chi connectivity index (χ3n) is 3.01. The summed E-state index contributed by atoms with van der Waals surface area (Å²) in [5.74, 6) is 0.997. The molecule has 3 aromatic heterocycles. The molecule has 0 aliphatic heterocycles. The summed E-state index contributed by atoms with van der Waals surface area (Å²) in [5, 5.41) is 9.89. The zero-order valence-corrected chi connectivity index (χ0v) is 11.8. The predicted octanol–water partition coefficient (Wildman–Crippen LogP) is 3.14. The molecule has 3 heterocycles. The summed E-state index contributed by atoms with van der Waals surface area (Å²) in [6.07, 6.45) is 2.60. The lowest BCUT2D eigenvalue weighted by Crippen LogP contribution is -2.19. The van der Waals surface area contributed by atoms with Gasteiger partial charge < -0.3 is 5.32 Å². The zero-order valence-electron chi connectivity index (χ0n) is 11.0. The number of aryl methyl sites for hydroxylation is 1. The Hall–Kier alpha value is -1.88. The van der Waals surface area contributed by atoms with E-state index in [4.69, 9.17) is 0 Å². The van der Waals surface area contributed by atoms with E-state index in [1.807, 2.05) is 10.6 Å². The Balaban J connectivity index is 1.82. The average molecular weight is 272 g/mol. The van der Waals surface area contributed by atoms with Crippen molar-refractivity contribution >= 4 is 22.8 Å². The molecule has 4 nitrogen and oxygen atoms in total. The molecular weight excluding hydrogens is 256 g/mol. The van der Waals surface area contributed by atoms with Gasteiger partial charge in [-0.25, -0.2) is 4.98 Å². The molecule has 98 valence electrons. The Labute approximate surface area is 116 Å². The predicted molar refractivity (Wildman–Crippen MR) is 78.8 cm³/mol. The molecule has 0 aromatic carbocycles. The van der Waals surface area contributed by atoms with Crippen molar-refractivity contribution in [1.82, 2.24) is 14.6 Å². The molecular formula is C14H16N4S. The Morgan fingerprint density at radius 1 is 1.42 bits per heavy atom. The van der Waals surface area contributed by atoms with Crippen molar-refractivity contribution in [3.8, 4) is 0 Å². The highest BCUT2D eigenvalue weighted by Gasteiger charge is 2.08. The number of hydrogen-bond acceptors (Lipinski definition) is 4. The maximum absolute atomic E-state index is 4.26. The lowest BCUT2D eigenvalue weighted by molar-refractivity contribution is 0.781. The number of pyridine rings is 1. The van der Waals surface area contributed by atoms with Crippen molar-refractivity contribution in [2.24, 2.45) is 0 Å². The molecule has 0 fully saturated rings. The molecule has 1 unspecified atom stereocenters. The fourth-order valence-corrected chi connectivity index (χ4v) is 3.03. The minimum atomic E-state index is 0.354. The van der Waals surface area contributed by atoms with E-state index >= 15 is 0 Å². The molecule has 0 bridgehead atoms. The van der Waals surface area contributed by atoms with Gasteiger partial charge in [0.1, 0.15) is 12.1 Å². The molecule has 19 heavy (non-hydrogen) atoms. The average Bonchev–Trinajstić information content (AvgIpc) is 2.99. The van der Waals surface area contributed by atoms with E-state index in [-0.39, 0.29) is 0 Å². The lowest BCUT2D eigenvalue weighted by Gasteiger charge is -2.15. The summed E-state index contributed by atoms with van der Waals surface area (Å²) in [6, 6.07) is 8.75. The first kappa shape index (κ1) is 12.2. The topological polar surface area (TPSA) is 42.2 Å². The van der Waals surface area contributed by atoms with E-state index < -0.39 is 0 Å². The molecule has 0 aliphatic rings. The van der Waals surface area contributed by atoms with Crippen LogP contribution in [0.2, 0.25) is 0 Å². The van der Waals surface area contributed by atoms with Gasteiger partial charge in [0.05, 0.1) is 0 Å². The second kappa shape index (κ2) is 5.01. The van der Waals surface area contributed by atoms with E-state index in [0.717, 1.165) is 17.9 Å². The Kier molecular flexibility index (Phi) is 3.21. The van der Waals surface area contributed by atoms with Crippen molar-refractivity contribution in [2.45, 2.75) is 26.3 Å². The third-order valence-corrected chi connectivity index (χ3v) is 3.90. The minimum Gasteiger partial charge on any atom is -0.367 e. The number of anilines is 1. The van der Waals surface area contributed by atoms with Gasteiger partial charge in [0.15, 0.2) is 5.65 Å². The van der Waals surface area contributed by atoms with Crippen LogP contribution in [0.4, 0.5) is 5.82 Å². The molecule has 0 saturated heterocycles. The molecule has 3 aromatic rings. The summed E-state index contributed by atoms with van der Waals surface area (Å²) in [5.41, 5.74) is 2.07. The molecule has 5 heteroatoms. The van der Waals surface area contributed by atoms with Crippen molar-refractivity contribution in [1.29, 1.82) is 0 Å². The Bertz CT molecular complexity index is 672. The first-order valence-corrected chi connectivity index (χ1v) is 7.19. The highest BCUT2D eigenvalue weighted by molar-refractivity contribution is 7.09. The Morgan fingerprint density at radius 2 is 2.32 bits per heavy atom. The van der Waals surface area contributed by atoms with Gasteiger partial charge in [0, 0.05) is 17.3 Å². The smallest absolute Gasteiger partial charge is 0.157 e. The van der Waals surface area contributed by atoms with Crippen LogP contribution in [0, 0.1) is 6.92 Å². The number of fused-ring (bicyclic) bond motifs is 1. The molecule has 1 atom stereocenters. The molecule has 0 saturated carbocycles. The van der Waals surface area contributed by atoms with Gasteiger partial charge in [-0.05, 0) is 43.0 Å². The Morgan fingerprint density at radius 3 is 3.11 bits per heavy atom. The molecule has 0 spiro atoms. The van der Waals surface area contributed by atoms with Crippen LogP contribution in [-0.2, 0) is 6.42 Å². The van der Waals surface area contributed by atoms with E-state index in [1.54, 1.807) is 17.7 Å². The quantitative estimate of drug-likeness (QED) is 0.793. The fraction of sp³-hybridized carbons (Fsp3) is 0.286. The summed E-state index contributed by atoms with van der Waals surface area (Å²) in [7, 11) is 0. The third kappa shape index (κ3) is 2.61. The van der Waals surface area contributed by atoms with E-state index in [9.17, 15) is 0 Å². The summed E-state index contributed by atoms with van der Waals surface area (Å²) >= 11 is 1.80. The number of rotatable bonds is 4. The molecule has 1 N–H and O–H groups in total. The number of nitrogens with zero attached hydrogens (tertiary/aromatic N) is 3. The van der Waals surface area contributed by atoms with E-state index in [2.05, 4.69) is 52.8 Å². The van der Waals surface area contributed by atoms with Gasteiger partial charge in [-0.2, -0.15) is 9.61 Å². The van der Waals surface area contributed by atoms with Gasteiger partial charge in [-0.1, -0.05) is 6.07 Å². The lowest BCUT2D eigenvalue weighted by atomic mass is 10.2. The van der Waals surface area contributed by atoms with Gasteiger partial charge in [0.25, 0.3) is 0 Å². The van der Waals surface area contributed by atoms with Crippen LogP contribution in [0.15, 0.2) is 36.0 Å². The van der Waals surface area contributed by atoms with Gasteiger partial charge in [0.2, 0.25) is 0 Å². The van der Waals surface area contributed by atoms with E-state index in [1.165, 1.54) is 10.4 Å². The van der Waals surface area contributed by atoms with Crippen molar-refractivity contribution < 1.29 is 0 Å². The van der Waals surface area contributed by atoms with Crippen LogP contribution in [-0.4, -0.2) is 20.6 Å². The number of aromatic nitrogens is 3. The standard InChI is InChI=1S/C14H16N4S/c1-10-6-13-15-9-16-18(13)14(7-10)17-11(2)8-12-4-3-5-19-12/h3-7,9,11,17H,8H2,1-2H3. The maximum Gasteiger partial charge on any atom is 0.157 e. The van der Waals surface area contributed by atoms with Gasteiger partial charge in [-0.15, -0.1) is 11.3 Å². The fourth-order valence-electron chi connectivity index (χ4n) is 2.19. The molecule has 0 amide bonds. The van der Waals surface area contributed by atoms with Crippen LogP contribution in [0.25, 0.3) is 5.65 Å². The number of thiophene rings is 1. The van der Waals surface area contributed by atoms with Crippen LogP contribution in [0.1, 0.15) is 17.4 Å². The van der Waals surface area contributed by atoms with Crippen molar-refractivity contribution in [3.05, 3.63) is 46.4 Å². The van der Waals surface area contributed by atoms with Crippen LogP contribution in [0.3, 0.4) is 0 Å². The normalized spacial score (nSPS) is 12.7. The monoisotopic (exact) mass is 272 g/mol. The van der Waals surface area contributed by atoms with Crippen LogP contribution < -0.4 is 5.32 Å².